The van der Waals surface area contributed by atoms with E-state index in [1.165, 1.54) is 35.7 Å². The summed E-state index contributed by atoms with van der Waals surface area (Å²) < 4.78 is 15.8. The lowest BCUT2D eigenvalue weighted by molar-refractivity contribution is 0.101. The first-order valence-electron chi connectivity index (χ1n) is 9.98. The van der Waals surface area contributed by atoms with E-state index in [2.05, 4.69) is 20.9 Å². The van der Waals surface area contributed by atoms with Crippen LogP contribution in [0, 0.1) is 12.7 Å². The molecular weight excluding hydrogens is 481 g/mol. The zero-order chi connectivity index (χ0) is 24.4. The maximum Gasteiger partial charge on any atom is 0.272 e. The Labute approximate surface area is 202 Å². The average Bonchev–Trinajstić information content (AvgIpc) is 3.49. The number of rotatable bonds is 6. The van der Waals surface area contributed by atoms with E-state index in [4.69, 9.17) is 11.6 Å². The van der Waals surface area contributed by atoms with E-state index in [0.717, 1.165) is 11.8 Å². The van der Waals surface area contributed by atoms with Crippen molar-refractivity contribution in [3.05, 3.63) is 86.8 Å². The summed E-state index contributed by atoms with van der Waals surface area (Å²) in [6, 6.07) is 8.57. The molecule has 34 heavy (non-hydrogen) atoms. The fourth-order valence-electron chi connectivity index (χ4n) is 3.12. The van der Waals surface area contributed by atoms with Crippen LogP contribution in [0.2, 0.25) is 5.02 Å². The number of aromatic nitrogens is 2. The van der Waals surface area contributed by atoms with Gasteiger partial charge >= 0.3 is 0 Å². The monoisotopic (exact) mass is 499 g/mol. The smallest absolute Gasteiger partial charge is 0.272 e. The molecule has 0 radical (unpaired) electrons. The lowest BCUT2D eigenvalue weighted by Crippen LogP contribution is -2.14. The summed E-state index contributed by atoms with van der Waals surface area (Å²) in [6.45, 7) is 1.93. The van der Waals surface area contributed by atoms with Crippen molar-refractivity contribution in [2.75, 3.05) is 16.0 Å². The molecule has 0 aliphatic heterocycles. The molecule has 174 valence electrons. The fraction of sp³-hybridized carbons (Fsp3) is 0.0870. The van der Waals surface area contributed by atoms with Crippen molar-refractivity contribution in [3.8, 4) is 0 Å². The van der Waals surface area contributed by atoms with Crippen LogP contribution in [-0.2, 0) is 7.05 Å². The second kappa shape index (κ2) is 9.54. The highest BCUT2D eigenvalue weighted by molar-refractivity contribution is 7.12. The summed E-state index contributed by atoms with van der Waals surface area (Å²) in [5.74, 6) is -2.18. The third kappa shape index (κ3) is 5.19. The summed E-state index contributed by atoms with van der Waals surface area (Å²) in [5, 5.41) is 9.86. The standard InChI is InChI=1S/C23H19ClFN5O3S/c1-12-5-15(10-30(12)2)28-23(33)20-8-16(11-34-20)29-22(32)19-7-14(9-26-19)27-21(31)17-4-3-13(24)6-18(17)25/h3-11,26H,1-2H3,(H,27,31)(H,28,33)(H,29,32). The summed E-state index contributed by atoms with van der Waals surface area (Å²) in [4.78, 5) is 40.5. The van der Waals surface area contributed by atoms with Gasteiger partial charge in [-0.15, -0.1) is 11.3 Å². The zero-order valence-corrected chi connectivity index (χ0v) is 19.6. The van der Waals surface area contributed by atoms with Gasteiger partial charge in [0.25, 0.3) is 17.7 Å². The Balaban J connectivity index is 1.37. The number of nitrogens with zero attached hydrogens (tertiary/aromatic N) is 1. The zero-order valence-electron chi connectivity index (χ0n) is 18.0. The SMILES string of the molecule is Cc1cc(NC(=O)c2cc(NC(=O)c3cc(NC(=O)c4ccc(Cl)cc4F)c[nH]3)cs2)cn1C. The molecule has 1 aromatic carbocycles. The molecular formula is C23H19ClFN5O3S. The van der Waals surface area contributed by atoms with E-state index in [0.29, 0.717) is 16.3 Å². The number of carbonyl (C=O) groups excluding carboxylic acids is 3. The second-order valence-electron chi connectivity index (χ2n) is 7.47. The molecule has 0 saturated carbocycles. The first-order chi connectivity index (χ1) is 16.2. The lowest BCUT2D eigenvalue weighted by atomic mass is 10.2. The number of thiophene rings is 1. The van der Waals surface area contributed by atoms with Gasteiger partial charge in [-0.1, -0.05) is 11.6 Å². The number of aromatic amines is 1. The number of anilines is 3. The van der Waals surface area contributed by atoms with Crippen LogP contribution in [0.3, 0.4) is 0 Å². The maximum atomic E-state index is 13.9. The van der Waals surface area contributed by atoms with E-state index in [-0.39, 0.29) is 27.9 Å². The molecule has 11 heteroatoms. The van der Waals surface area contributed by atoms with Gasteiger partial charge in [0.05, 0.1) is 27.5 Å². The number of aryl methyl sites for hydroxylation is 2. The first kappa shape index (κ1) is 23.3. The van der Waals surface area contributed by atoms with E-state index in [1.807, 2.05) is 30.8 Å². The first-order valence-corrected chi connectivity index (χ1v) is 11.2. The number of benzene rings is 1. The van der Waals surface area contributed by atoms with E-state index in [1.54, 1.807) is 11.4 Å². The van der Waals surface area contributed by atoms with Crippen LogP contribution in [0.1, 0.15) is 36.2 Å². The Hall–Kier alpha value is -3.89. The molecule has 4 aromatic rings. The van der Waals surface area contributed by atoms with Crippen molar-refractivity contribution in [1.82, 2.24) is 9.55 Å². The molecule has 0 saturated heterocycles. The van der Waals surface area contributed by atoms with Crippen LogP contribution >= 0.6 is 22.9 Å². The molecule has 4 rings (SSSR count). The van der Waals surface area contributed by atoms with E-state index < -0.39 is 17.6 Å². The highest BCUT2D eigenvalue weighted by atomic mass is 35.5. The molecule has 0 fully saturated rings. The Morgan fingerprint density at radius 2 is 1.71 bits per heavy atom. The summed E-state index contributed by atoms with van der Waals surface area (Å²) in [6.07, 6.45) is 3.22. The summed E-state index contributed by atoms with van der Waals surface area (Å²) >= 11 is 6.90. The normalized spacial score (nSPS) is 10.7. The second-order valence-corrected chi connectivity index (χ2v) is 8.82. The lowest BCUT2D eigenvalue weighted by Gasteiger charge is -2.04. The molecule has 0 atom stereocenters. The van der Waals surface area contributed by atoms with Crippen LogP contribution in [0.25, 0.3) is 0 Å². The van der Waals surface area contributed by atoms with E-state index >= 15 is 0 Å². The van der Waals surface area contributed by atoms with Crippen LogP contribution in [-0.4, -0.2) is 27.3 Å². The van der Waals surface area contributed by atoms with Gasteiger partial charge in [-0.25, -0.2) is 4.39 Å². The Morgan fingerprint density at radius 1 is 0.971 bits per heavy atom. The molecule has 3 amide bonds. The molecule has 0 unspecified atom stereocenters. The minimum Gasteiger partial charge on any atom is -0.355 e. The Morgan fingerprint density at radius 3 is 2.41 bits per heavy atom. The molecule has 0 spiro atoms. The Bertz CT molecular complexity index is 1390. The van der Waals surface area contributed by atoms with Crippen LogP contribution in [0.4, 0.5) is 21.5 Å². The van der Waals surface area contributed by atoms with Crippen molar-refractivity contribution in [1.29, 1.82) is 0 Å². The number of halogens is 2. The maximum absolute atomic E-state index is 13.9. The fourth-order valence-corrected chi connectivity index (χ4v) is 4.02. The van der Waals surface area contributed by atoms with Gasteiger partial charge in [0.2, 0.25) is 0 Å². The molecule has 4 N–H and O–H groups in total. The van der Waals surface area contributed by atoms with Crippen molar-refractivity contribution in [2.45, 2.75) is 6.92 Å². The third-order valence-electron chi connectivity index (χ3n) is 4.95. The van der Waals surface area contributed by atoms with Gasteiger partial charge in [-0.2, -0.15) is 0 Å². The molecule has 3 aromatic heterocycles. The molecule has 8 nitrogen and oxygen atoms in total. The van der Waals surface area contributed by atoms with Crippen LogP contribution in [0.5, 0.6) is 0 Å². The van der Waals surface area contributed by atoms with Crippen molar-refractivity contribution in [2.24, 2.45) is 7.05 Å². The molecule has 0 bridgehead atoms. The summed E-state index contributed by atoms with van der Waals surface area (Å²) in [5.41, 5.74) is 2.42. The highest BCUT2D eigenvalue weighted by Crippen LogP contribution is 2.23. The van der Waals surface area contributed by atoms with E-state index in [9.17, 15) is 18.8 Å². The van der Waals surface area contributed by atoms with Crippen LogP contribution in [0.15, 0.2) is 54.2 Å². The topological polar surface area (TPSA) is 108 Å². The third-order valence-corrected chi connectivity index (χ3v) is 6.12. The van der Waals surface area contributed by atoms with Crippen molar-refractivity contribution in [3.63, 3.8) is 0 Å². The largest absolute Gasteiger partial charge is 0.355 e. The minimum atomic E-state index is -0.752. The molecule has 0 aliphatic carbocycles. The van der Waals surface area contributed by atoms with Gasteiger partial charge in [0, 0.05) is 35.5 Å². The highest BCUT2D eigenvalue weighted by Gasteiger charge is 2.16. The number of H-pyrrole nitrogens is 1. The number of nitrogens with one attached hydrogen (secondary N) is 4. The van der Waals surface area contributed by atoms with Gasteiger partial charge in [-0.3, -0.25) is 14.4 Å². The van der Waals surface area contributed by atoms with Gasteiger partial charge in [-0.05, 0) is 43.3 Å². The molecule has 0 aliphatic rings. The summed E-state index contributed by atoms with van der Waals surface area (Å²) in [7, 11) is 1.89. The van der Waals surface area contributed by atoms with Crippen molar-refractivity contribution >= 4 is 57.7 Å². The minimum absolute atomic E-state index is 0.170. The average molecular weight is 500 g/mol. The molecule has 3 heterocycles. The predicted octanol–water partition coefficient (Wildman–Crippen LogP) is 5.27. The van der Waals surface area contributed by atoms with Gasteiger partial charge < -0.3 is 25.5 Å². The van der Waals surface area contributed by atoms with Crippen LogP contribution < -0.4 is 16.0 Å². The van der Waals surface area contributed by atoms with Gasteiger partial charge in [0.15, 0.2) is 0 Å². The number of hydrogen-bond donors (Lipinski definition) is 4. The number of amides is 3. The number of carbonyl (C=O) groups is 3. The predicted molar refractivity (Wildman–Crippen MR) is 131 cm³/mol. The van der Waals surface area contributed by atoms with Crippen molar-refractivity contribution < 1.29 is 18.8 Å². The number of hydrogen-bond acceptors (Lipinski definition) is 4. The van der Waals surface area contributed by atoms with Gasteiger partial charge in [0.1, 0.15) is 11.5 Å². The quantitative estimate of drug-likeness (QED) is 0.290. The Kier molecular flexibility index (Phi) is 6.53.